The van der Waals surface area contributed by atoms with Crippen molar-refractivity contribution in [3.8, 4) is 5.75 Å². The van der Waals surface area contributed by atoms with Crippen LogP contribution in [-0.2, 0) is 21.2 Å². The number of aromatic nitrogens is 2. The number of fused-ring (bicyclic) bond motifs is 1. The highest BCUT2D eigenvalue weighted by atomic mass is 32.2. The summed E-state index contributed by atoms with van der Waals surface area (Å²) in [6.07, 6.45) is 3.68. The smallest absolute Gasteiger partial charge is 0.229 e. The van der Waals surface area contributed by atoms with Crippen molar-refractivity contribution >= 4 is 42.4 Å². The fourth-order valence-electron chi connectivity index (χ4n) is 3.61. The highest BCUT2D eigenvalue weighted by Crippen LogP contribution is 2.33. The quantitative estimate of drug-likeness (QED) is 0.292. The number of nitrogens with zero attached hydrogens (tertiary/aromatic N) is 3. The minimum atomic E-state index is -3.46. The van der Waals surface area contributed by atoms with E-state index in [1.807, 2.05) is 44.2 Å². The molecule has 0 aliphatic rings. The van der Waals surface area contributed by atoms with E-state index in [2.05, 4.69) is 9.97 Å². The highest BCUT2D eigenvalue weighted by molar-refractivity contribution is 7.91. The van der Waals surface area contributed by atoms with Gasteiger partial charge in [-0.15, -0.1) is 0 Å². The van der Waals surface area contributed by atoms with Crippen LogP contribution in [0.25, 0.3) is 10.2 Å². The molecule has 35 heavy (non-hydrogen) atoms. The first-order valence-electron chi connectivity index (χ1n) is 11.4. The maximum atomic E-state index is 13.3. The van der Waals surface area contributed by atoms with Crippen molar-refractivity contribution in [2.45, 2.75) is 38.1 Å². The third kappa shape index (κ3) is 6.23. The van der Waals surface area contributed by atoms with Gasteiger partial charge in [0.1, 0.15) is 5.75 Å². The predicted molar refractivity (Wildman–Crippen MR) is 139 cm³/mol. The minimum Gasteiger partial charge on any atom is -0.494 e. The number of pyridine rings is 1. The Kier molecular flexibility index (Phi) is 7.77. The van der Waals surface area contributed by atoms with Gasteiger partial charge in [-0.05, 0) is 68.3 Å². The van der Waals surface area contributed by atoms with E-state index >= 15 is 0 Å². The molecule has 4 aromatic rings. The van der Waals surface area contributed by atoms with E-state index in [0.29, 0.717) is 18.3 Å². The average Bonchev–Trinajstić information content (AvgIpc) is 3.26. The molecular formula is C26H27N3O4S2. The number of carbonyl (C=O) groups is 1. The van der Waals surface area contributed by atoms with E-state index in [1.54, 1.807) is 41.6 Å². The molecule has 0 atom stereocenters. The number of hydrogen-bond donors (Lipinski definition) is 0. The van der Waals surface area contributed by atoms with E-state index in [1.165, 1.54) is 11.3 Å². The van der Waals surface area contributed by atoms with E-state index in [0.717, 1.165) is 27.1 Å². The van der Waals surface area contributed by atoms with Gasteiger partial charge in [-0.1, -0.05) is 29.0 Å². The Morgan fingerprint density at radius 2 is 1.80 bits per heavy atom. The lowest BCUT2D eigenvalue weighted by Gasteiger charge is -2.20. The van der Waals surface area contributed by atoms with Crippen LogP contribution >= 0.6 is 11.3 Å². The largest absolute Gasteiger partial charge is 0.494 e. The summed E-state index contributed by atoms with van der Waals surface area (Å²) >= 11 is 1.41. The van der Waals surface area contributed by atoms with Crippen LogP contribution in [0.2, 0.25) is 0 Å². The van der Waals surface area contributed by atoms with Gasteiger partial charge in [0.15, 0.2) is 15.0 Å². The molecule has 0 N–H and O–H groups in total. The second-order valence-electron chi connectivity index (χ2n) is 8.13. The normalized spacial score (nSPS) is 11.5. The molecule has 0 fully saturated rings. The van der Waals surface area contributed by atoms with Gasteiger partial charge in [0, 0.05) is 18.8 Å². The van der Waals surface area contributed by atoms with Crippen molar-refractivity contribution in [2.24, 2.45) is 0 Å². The van der Waals surface area contributed by atoms with Crippen molar-refractivity contribution < 1.29 is 17.9 Å². The molecule has 0 aliphatic carbocycles. The first kappa shape index (κ1) is 24.8. The lowest BCUT2D eigenvalue weighted by atomic mass is 10.2. The molecule has 9 heteroatoms. The van der Waals surface area contributed by atoms with Gasteiger partial charge in [-0.2, -0.15) is 0 Å². The average molecular weight is 510 g/mol. The molecule has 0 spiro atoms. The molecular weight excluding hydrogens is 482 g/mol. The van der Waals surface area contributed by atoms with Gasteiger partial charge >= 0.3 is 0 Å². The second-order valence-corrected chi connectivity index (χ2v) is 11.2. The van der Waals surface area contributed by atoms with Gasteiger partial charge in [0.25, 0.3) is 0 Å². The molecule has 2 aromatic carbocycles. The van der Waals surface area contributed by atoms with Crippen LogP contribution in [0.3, 0.4) is 0 Å². The maximum absolute atomic E-state index is 13.3. The molecule has 2 aromatic heterocycles. The molecule has 0 saturated carbocycles. The summed E-state index contributed by atoms with van der Waals surface area (Å²) < 4.78 is 31.9. The molecule has 182 valence electrons. The Labute approximate surface area is 209 Å². The summed E-state index contributed by atoms with van der Waals surface area (Å²) in [5.74, 6) is 0.483. The van der Waals surface area contributed by atoms with Crippen molar-refractivity contribution in [3.63, 3.8) is 0 Å². The lowest BCUT2D eigenvalue weighted by molar-refractivity contribution is -0.118. The molecule has 0 aliphatic heterocycles. The van der Waals surface area contributed by atoms with Crippen LogP contribution in [0.15, 0.2) is 71.9 Å². The third-order valence-corrected chi connectivity index (χ3v) is 8.32. The molecule has 0 saturated heterocycles. The van der Waals surface area contributed by atoms with Crippen LogP contribution in [0.1, 0.15) is 30.9 Å². The van der Waals surface area contributed by atoms with Gasteiger partial charge in [0.05, 0.1) is 34.0 Å². The van der Waals surface area contributed by atoms with Gasteiger partial charge in [-0.3, -0.25) is 14.7 Å². The first-order chi connectivity index (χ1) is 16.9. The van der Waals surface area contributed by atoms with E-state index in [4.69, 9.17) is 4.74 Å². The molecule has 2 heterocycles. The van der Waals surface area contributed by atoms with Crippen molar-refractivity contribution in [3.05, 3.63) is 78.1 Å². The molecule has 7 nitrogen and oxygen atoms in total. The summed E-state index contributed by atoms with van der Waals surface area (Å²) in [5, 5.41) is 0.567. The summed E-state index contributed by atoms with van der Waals surface area (Å²) in [6.45, 7) is 4.72. The van der Waals surface area contributed by atoms with Crippen LogP contribution in [-0.4, -0.2) is 36.7 Å². The van der Waals surface area contributed by atoms with Gasteiger partial charge in [0.2, 0.25) is 5.91 Å². The molecule has 4 rings (SSSR count). The highest BCUT2D eigenvalue weighted by Gasteiger charge is 2.22. The predicted octanol–water partition coefficient (Wildman–Crippen LogP) is 5.19. The fourth-order valence-corrected chi connectivity index (χ4v) is 5.93. The van der Waals surface area contributed by atoms with E-state index in [9.17, 15) is 13.2 Å². The van der Waals surface area contributed by atoms with Crippen LogP contribution in [0.4, 0.5) is 5.13 Å². The molecule has 0 radical (unpaired) electrons. The van der Waals surface area contributed by atoms with Crippen LogP contribution in [0.5, 0.6) is 5.75 Å². The summed E-state index contributed by atoms with van der Waals surface area (Å²) in [5.41, 5.74) is 2.69. The topological polar surface area (TPSA) is 89.5 Å². The van der Waals surface area contributed by atoms with Crippen molar-refractivity contribution in [2.75, 3.05) is 17.3 Å². The fraction of sp³-hybridized carbons (Fsp3) is 0.269. The van der Waals surface area contributed by atoms with E-state index < -0.39 is 9.84 Å². The number of hydrogen-bond acceptors (Lipinski definition) is 7. The zero-order chi connectivity index (χ0) is 24.8. The van der Waals surface area contributed by atoms with Gasteiger partial charge in [-0.25, -0.2) is 13.4 Å². The second kappa shape index (κ2) is 11.0. The number of anilines is 1. The zero-order valence-electron chi connectivity index (χ0n) is 19.7. The van der Waals surface area contributed by atoms with E-state index in [-0.39, 0.29) is 29.4 Å². The number of carbonyl (C=O) groups excluding carboxylic acids is 1. The molecule has 0 unspecified atom stereocenters. The Hall–Kier alpha value is -3.30. The Morgan fingerprint density at radius 1 is 1.06 bits per heavy atom. The number of aryl methyl sites for hydroxylation is 1. The lowest BCUT2D eigenvalue weighted by Crippen LogP contribution is -2.30. The Bertz CT molecular complexity index is 1400. The maximum Gasteiger partial charge on any atom is 0.229 e. The summed E-state index contributed by atoms with van der Waals surface area (Å²) in [6, 6.07) is 16.1. The number of ether oxygens (including phenoxy) is 1. The Balaban J connectivity index is 1.53. The molecule has 0 bridgehead atoms. The monoisotopic (exact) mass is 509 g/mol. The minimum absolute atomic E-state index is 0.0935. The third-order valence-electron chi connectivity index (χ3n) is 5.47. The number of amides is 1. The summed E-state index contributed by atoms with van der Waals surface area (Å²) in [7, 11) is -3.46. The number of thiazole rings is 1. The number of rotatable bonds is 10. The van der Waals surface area contributed by atoms with Crippen LogP contribution in [0, 0.1) is 6.92 Å². The van der Waals surface area contributed by atoms with Crippen molar-refractivity contribution in [1.29, 1.82) is 0 Å². The standard InChI is InChI=1S/C26H27N3O4S2/c1-3-33-21-8-11-23-24(17-21)34-26(28-23)29(18-20-12-14-27-15-13-20)25(30)5-4-16-35(31,32)22-9-6-19(2)7-10-22/h6-15,17H,3-5,16,18H2,1-2H3. The number of benzene rings is 2. The SMILES string of the molecule is CCOc1ccc2nc(N(Cc3ccncc3)C(=O)CCCS(=O)(=O)c3ccc(C)cc3)sc2c1. The number of sulfone groups is 1. The first-order valence-corrected chi connectivity index (χ1v) is 13.8. The summed E-state index contributed by atoms with van der Waals surface area (Å²) in [4.78, 5) is 23.9. The van der Waals surface area contributed by atoms with Gasteiger partial charge < -0.3 is 4.74 Å². The van der Waals surface area contributed by atoms with Crippen molar-refractivity contribution in [1.82, 2.24) is 9.97 Å². The Morgan fingerprint density at radius 3 is 2.51 bits per heavy atom. The molecule has 1 amide bonds. The zero-order valence-corrected chi connectivity index (χ0v) is 21.3. The van der Waals surface area contributed by atoms with Crippen LogP contribution < -0.4 is 9.64 Å².